The normalized spacial score (nSPS) is 11.0. The number of ether oxygens (including phenoxy) is 1. The third-order valence-electron chi connectivity index (χ3n) is 5.45. The maximum Gasteiger partial charge on any atom is 0.240 e. The Morgan fingerprint density at radius 2 is 1.53 bits per heavy atom. The molecule has 0 aliphatic carbocycles. The molecule has 0 saturated carbocycles. The summed E-state index contributed by atoms with van der Waals surface area (Å²) >= 11 is 1.53. The fourth-order valence-electron chi connectivity index (χ4n) is 3.82. The van der Waals surface area contributed by atoms with Crippen LogP contribution >= 0.6 is 23.7 Å². The molecule has 0 fully saturated rings. The fraction of sp³-hybridized carbons (Fsp3) is 0.259. The van der Waals surface area contributed by atoms with Gasteiger partial charge in [-0.3, -0.25) is 9.69 Å². The number of anilines is 1. The number of rotatable bonds is 9. The molecule has 1 aromatic heterocycles. The summed E-state index contributed by atoms with van der Waals surface area (Å²) in [5.74, 6) is 0.361. The van der Waals surface area contributed by atoms with Gasteiger partial charge in [-0.05, 0) is 44.3 Å². The van der Waals surface area contributed by atoms with Crippen LogP contribution in [0.15, 0.2) is 78.9 Å². The Labute approximate surface area is 211 Å². The van der Waals surface area contributed by atoms with Crippen molar-refractivity contribution in [3.8, 4) is 5.75 Å². The second-order valence-corrected chi connectivity index (χ2v) is 9.09. The first-order valence-electron chi connectivity index (χ1n) is 11.2. The highest BCUT2D eigenvalue weighted by atomic mass is 35.5. The van der Waals surface area contributed by atoms with E-state index >= 15 is 0 Å². The van der Waals surface area contributed by atoms with Gasteiger partial charge >= 0.3 is 0 Å². The molecule has 0 atom stereocenters. The van der Waals surface area contributed by atoms with Crippen LogP contribution < -0.4 is 9.64 Å². The summed E-state index contributed by atoms with van der Waals surface area (Å²) in [4.78, 5) is 23.0. The van der Waals surface area contributed by atoms with E-state index in [1.165, 1.54) is 11.3 Å². The van der Waals surface area contributed by atoms with E-state index in [2.05, 4.69) is 4.90 Å². The molecule has 1 amide bonds. The number of likely N-dealkylation sites (N-methyl/N-ethyl adjacent to an activating group) is 1. The molecule has 7 heteroatoms. The lowest BCUT2D eigenvalue weighted by Crippen LogP contribution is -2.40. The van der Waals surface area contributed by atoms with Crippen molar-refractivity contribution in [3.63, 3.8) is 0 Å². The average molecular weight is 496 g/mol. The number of hydrogen-bond donors (Lipinski definition) is 0. The molecule has 0 unspecified atom stereocenters. The minimum atomic E-state index is -0.409. The molecule has 0 saturated heterocycles. The second kappa shape index (κ2) is 12.0. The van der Waals surface area contributed by atoms with E-state index in [0.29, 0.717) is 18.3 Å². The van der Waals surface area contributed by atoms with Gasteiger partial charge in [-0.15, -0.1) is 12.4 Å². The smallest absolute Gasteiger partial charge is 0.240 e. The first-order chi connectivity index (χ1) is 16.1. The van der Waals surface area contributed by atoms with E-state index < -0.39 is 5.92 Å². The molecule has 0 radical (unpaired) electrons. The van der Waals surface area contributed by atoms with E-state index in [-0.39, 0.29) is 18.3 Å². The zero-order chi connectivity index (χ0) is 23.2. The predicted molar refractivity (Wildman–Crippen MR) is 144 cm³/mol. The third-order valence-corrected chi connectivity index (χ3v) is 6.49. The number of halogens is 1. The maximum atomic E-state index is 14.2. The fourth-order valence-corrected chi connectivity index (χ4v) is 4.84. The van der Waals surface area contributed by atoms with Crippen molar-refractivity contribution >= 4 is 45.0 Å². The molecular weight excluding hydrogens is 466 g/mol. The quantitative estimate of drug-likeness (QED) is 0.292. The third kappa shape index (κ3) is 5.76. The number of carbonyl (C=O) groups excluding carboxylic acids is 1. The Bertz CT molecular complexity index is 1160. The Kier molecular flexibility index (Phi) is 9.05. The molecular formula is C27H30ClN3O2S. The first-order valence-corrected chi connectivity index (χ1v) is 12.0. The van der Waals surface area contributed by atoms with E-state index in [4.69, 9.17) is 9.72 Å². The summed E-state index contributed by atoms with van der Waals surface area (Å²) in [5.41, 5.74) is 2.75. The van der Waals surface area contributed by atoms with Crippen LogP contribution in [0.25, 0.3) is 10.2 Å². The van der Waals surface area contributed by atoms with Gasteiger partial charge in [0.05, 0.1) is 17.2 Å². The van der Waals surface area contributed by atoms with E-state index in [9.17, 15) is 4.79 Å². The standard InChI is InChI=1S/C27H29N3O2S.ClH/c1-4-32-22-16-11-17-23-25(22)28-27(33-23)30(19-18-29(2)3)26(31)24(20-12-7-5-8-13-20)21-14-9-6-10-15-21;/h5-17,24H,4,18-19H2,1-3H3;1H. The Balaban J connectivity index is 0.00000324. The SMILES string of the molecule is CCOc1cccc2sc(N(CCN(C)C)C(=O)C(c3ccccc3)c3ccccc3)nc12.Cl. The molecule has 178 valence electrons. The number of aromatic nitrogens is 1. The van der Waals surface area contributed by atoms with Gasteiger partial charge in [-0.2, -0.15) is 0 Å². The second-order valence-electron chi connectivity index (χ2n) is 8.08. The van der Waals surface area contributed by atoms with Crippen molar-refractivity contribution in [1.29, 1.82) is 0 Å². The van der Waals surface area contributed by atoms with Crippen LogP contribution in [-0.2, 0) is 4.79 Å². The van der Waals surface area contributed by atoms with Crippen LogP contribution in [-0.4, -0.2) is 49.6 Å². The van der Waals surface area contributed by atoms with Crippen LogP contribution in [0.2, 0.25) is 0 Å². The zero-order valence-electron chi connectivity index (χ0n) is 19.7. The molecule has 0 N–H and O–H groups in total. The molecule has 0 aliphatic rings. The highest BCUT2D eigenvalue weighted by Gasteiger charge is 2.30. The number of benzene rings is 3. The van der Waals surface area contributed by atoms with Crippen molar-refractivity contribution in [3.05, 3.63) is 90.0 Å². The molecule has 4 rings (SSSR count). The lowest BCUT2D eigenvalue weighted by atomic mass is 9.90. The summed E-state index contributed by atoms with van der Waals surface area (Å²) < 4.78 is 6.80. The van der Waals surface area contributed by atoms with Crippen molar-refractivity contribution in [2.45, 2.75) is 12.8 Å². The highest BCUT2D eigenvalue weighted by Crippen LogP contribution is 2.36. The summed E-state index contributed by atoms with van der Waals surface area (Å²) in [6, 6.07) is 25.9. The highest BCUT2D eigenvalue weighted by molar-refractivity contribution is 7.22. The largest absolute Gasteiger partial charge is 0.492 e. The molecule has 0 spiro atoms. The maximum absolute atomic E-state index is 14.2. The number of thiazole rings is 1. The van der Waals surface area contributed by atoms with Crippen LogP contribution in [0.1, 0.15) is 24.0 Å². The molecule has 0 aliphatic heterocycles. The van der Waals surface area contributed by atoms with Crippen molar-refractivity contribution in [2.75, 3.05) is 38.7 Å². The summed E-state index contributed by atoms with van der Waals surface area (Å²) in [7, 11) is 4.03. The Hall–Kier alpha value is -2.93. The minimum absolute atomic E-state index is 0. The zero-order valence-corrected chi connectivity index (χ0v) is 21.3. The monoisotopic (exact) mass is 495 g/mol. The summed E-state index contributed by atoms with van der Waals surface area (Å²) in [6.45, 7) is 3.81. The van der Waals surface area contributed by atoms with Crippen LogP contribution in [0, 0.1) is 0 Å². The minimum Gasteiger partial charge on any atom is -0.492 e. The van der Waals surface area contributed by atoms with Gasteiger partial charge < -0.3 is 9.64 Å². The van der Waals surface area contributed by atoms with Crippen molar-refractivity contribution in [2.24, 2.45) is 0 Å². The van der Waals surface area contributed by atoms with Gasteiger partial charge in [-0.1, -0.05) is 78.1 Å². The number of hydrogen-bond acceptors (Lipinski definition) is 5. The van der Waals surface area contributed by atoms with Gasteiger partial charge in [0.1, 0.15) is 11.3 Å². The average Bonchev–Trinajstić information content (AvgIpc) is 3.26. The lowest BCUT2D eigenvalue weighted by Gasteiger charge is -2.27. The molecule has 1 heterocycles. The van der Waals surface area contributed by atoms with Crippen LogP contribution in [0.5, 0.6) is 5.75 Å². The number of amides is 1. The van der Waals surface area contributed by atoms with Crippen LogP contribution in [0.4, 0.5) is 5.13 Å². The Morgan fingerprint density at radius 1 is 0.912 bits per heavy atom. The molecule has 5 nitrogen and oxygen atoms in total. The lowest BCUT2D eigenvalue weighted by molar-refractivity contribution is -0.119. The number of nitrogens with zero attached hydrogens (tertiary/aromatic N) is 3. The number of carbonyl (C=O) groups is 1. The van der Waals surface area contributed by atoms with Gasteiger partial charge in [0, 0.05) is 13.1 Å². The molecule has 34 heavy (non-hydrogen) atoms. The number of fused-ring (bicyclic) bond motifs is 1. The first kappa shape index (κ1) is 25.7. The van der Waals surface area contributed by atoms with E-state index in [0.717, 1.165) is 33.6 Å². The van der Waals surface area contributed by atoms with Gasteiger partial charge in [0.25, 0.3) is 0 Å². The molecule has 0 bridgehead atoms. The topological polar surface area (TPSA) is 45.7 Å². The summed E-state index contributed by atoms with van der Waals surface area (Å²) in [6.07, 6.45) is 0. The van der Waals surface area contributed by atoms with Crippen molar-refractivity contribution < 1.29 is 9.53 Å². The summed E-state index contributed by atoms with van der Waals surface area (Å²) in [5, 5.41) is 0.695. The van der Waals surface area contributed by atoms with Gasteiger partial charge in [-0.25, -0.2) is 4.98 Å². The Morgan fingerprint density at radius 3 is 2.09 bits per heavy atom. The molecule has 4 aromatic rings. The van der Waals surface area contributed by atoms with Gasteiger partial charge in [0.15, 0.2) is 5.13 Å². The van der Waals surface area contributed by atoms with E-state index in [1.54, 1.807) is 0 Å². The van der Waals surface area contributed by atoms with Gasteiger partial charge in [0.2, 0.25) is 5.91 Å². The number of para-hydroxylation sites is 1. The van der Waals surface area contributed by atoms with Crippen molar-refractivity contribution in [1.82, 2.24) is 9.88 Å². The van der Waals surface area contributed by atoms with E-state index in [1.807, 2.05) is 105 Å². The molecule has 3 aromatic carbocycles. The predicted octanol–water partition coefficient (Wildman–Crippen LogP) is 5.84. The van der Waals surface area contributed by atoms with Crippen LogP contribution in [0.3, 0.4) is 0 Å².